The lowest BCUT2D eigenvalue weighted by Gasteiger charge is -2.59. The van der Waals surface area contributed by atoms with Crippen LogP contribution in [0.25, 0.3) is 10.2 Å². The summed E-state index contributed by atoms with van der Waals surface area (Å²) in [6.07, 6.45) is 7.99. The molecule has 4 aliphatic rings. The van der Waals surface area contributed by atoms with E-state index in [9.17, 15) is 19.8 Å². The van der Waals surface area contributed by atoms with E-state index in [-0.39, 0.29) is 40.5 Å². The van der Waals surface area contributed by atoms with Crippen molar-refractivity contribution in [2.24, 2.45) is 28.6 Å². The van der Waals surface area contributed by atoms with E-state index in [0.29, 0.717) is 18.5 Å². The first-order valence-electron chi connectivity index (χ1n) is 12.7. The van der Waals surface area contributed by atoms with Gasteiger partial charge in [-0.15, -0.1) is 11.3 Å². The minimum absolute atomic E-state index is 0.0121. The number of carbonyl (C=O) groups excluding carboxylic acids is 2. The lowest BCUT2D eigenvalue weighted by Crippen LogP contribution is -2.61. The third-order valence-corrected chi connectivity index (χ3v) is 12.0. The number of anilines is 1. The number of nitrogens with zero attached hydrogens (tertiary/aromatic N) is 1. The predicted octanol–water partition coefficient (Wildman–Crippen LogP) is 4.55. The number of nitrogens with two attached hydrogens (primary N) is 1. The quantitative estimate of drug-likeness (QED) is 0.397. The molecule has 3 saturated carbocycles. The maximum Gasteiger partial charge on any atom is 0.178 e. The van der Waals surface area contributed by atoms with Gasteiger partial charge in [0.15, 0.2) is 15.9 Å². The van der Waals surface area contributed by atoms with E-state index < -0.39 is 17.1 Å². The molecule has 2 aromatic rings. The summed E-state index contributed by atoms with van der Waals surface area (Å²) in [5.74, 6) is 0.330. The molecule has 0 aliphatic heterocycles. The molecule has 1 heterocycles. The predicted molar refractivity (Wildman–Crippen MR) is 143 cm³/mol. The summed E-state index contributed by atoms with van der Waals surface area (Å²) in [5.41, 5.74) is 6.03. The Morgan fingerprint density at radius 3 is 2.92 bits per heavy atom. The van der Waals surface area contributed by atoms with E-state index in [0.717, 1.165) is 39.4 Å². The molecular formula is C28H32N2O4S2. The molecule has 4 aliphatic carbocycles. The van der Waals surface area contributed by atoms with Gasteiger partial charge in [-0.25, -0.2) is 4.98 Å². The van der Waals surface area contributed by atoms with E-state index in [1.807, 2.05) is 31.2 Å². The van der Waals surface area contributed by atoms with E-state index in [2.05, 4.69) is 11.9 Å². The van der Waals surface area contributed by atoms with Crippen LogP contribution in [0.1, 0.15) is 46.0 Å². The van der Waals surface area contributed by atoms with Gasteiger partial charge < -0.3 is 15.9 Å². The molecule has 1 aromatic heterocycles. The fourth-order valence-electron chi connectivity index (χ4n) is 8.02. The average Bonchev–Trinajstić information content (AvgIpc) is 3.35. The number of aliphatic hydroxyl groups is 2. The molecule has 7 atom stereocenters. The van der Waals surface area contributed by atoms with Crippen LogP contribution >= 0.6 is 23.1 Å². The summed E-state index contributed by atoms with van der Waals surface area (Å²) in [4.78, 5) is 30.2. The summed E-state index contributed by atoms with van der Waals surface area (Å²) < 4.78 is 1.77. The van der Waals surface area contributed by atoms with Gasteiger partial charge in [-0.3, -0.25) is 9.59 Å². The summed E-state index contributed by atoms with van der Waals surface area (Å²) in [6, 6.07) is 5.58. The third-order valence-electron chi connectivity index (χ3n) is 9.83. The number of aliphatic hydroxyl groups excluding tert-OH is 1. The highest BCUT2D eigenvalue weighted by molar-refractivity contribution is 8.01. The molecule has 6 unspecified atom stereocenters. The molecule has 4 N–H and O–H groups in total. The van der Waals surface area contributed by atoms with Gasteiger partial charge in [0.25, 0.3) is 0 Å². The Labute approximate surface area is 219 Å². The number of allylic oxidation sites excluding steroid dienone is 4. The molecule has 6 nitrogen and oxygen atoms in total. The molecule has 1 aromatic carbocycles. The van der Waals surface area contributed by atoms with Crippen LogP contribution in [0, 0.1) is 28.6 Å². The molecule has 3 fully saturated rings. The molecule has 0 saturated heterocycles. The zero-order valence-electron chi connectivity index (χ0n) is 20.6. The van der Waals surface area contributed by atoms with Crippen LogP contribution in [-0.2, 0) is 9.59 Å². The lowest BCUT2D eigenvalue weighted by molar-refractivity contribution is -0.174. The molecule has 36 heavy (non-hydrogen) atoms. The number of benzene rings is 1. The standard InChI is InChI=1S/C28H32N2O4S2/c1-26-9-7-17(31)11-15(26)3-5-18-19-8-10-28(34,27(19,2)13-21(32)24(18)26)23(33)14-35-25-30-20-6-4-16(29)12-22(20)36-25/h4,6-7,9,11-12,18-19,21,24,32,34H,3,5,8,10,13-14,29H2,1-2H3/t18?,19?,21?,24?,26?,27?,28-/m0/s1. The van der Waals surface area contributed by atoms with Gasteiger partial charge in [0.1, 0.15) is 5.60 Å². The number of ketones is 2. The van der Waals surface area contributed by atoms with E-state index in [4.69, 9.17) is 5.73 Å². The Balaban J connectivity index is 1.24. The second-order valence-electron chi connectivity index (χ2n) is 11.5. The highest BCUT2D eigenvalue weighted by Gasteiger charge is 2.67. The topological polar surface area (TPSA) is 114 Å². The first-order chi connectivity index (χ1) is 17.0. The largest absolute Gasteiger partial charge is 0.399 e. The second-order valence-corrected chi connectivity index (χ2v) is 13.8. The summed E-state index contributed by atoms with van der Waals surface area (Å²) in [5, 5.41) is 23.4. The van der Waals surface area contributed by atoms with Gasteiger partial charge in [0.2, 0.25) is 0 Å². The zero-order chi connectivity index (χ0) is 25.5. The lowest BCUT2D eigenvalue weighted by atomic mass is 9.46. The first kappa shape index (κ1) is 24.3. The summed E-state index contributed by atoms with van der Waals surface area (Å²) >= 11 is 2.87. The Bertz CT molecular complexity index is 1330. The summed E-state index contributed by atoms with van der Waals surface area (Å²) in [6.45, 7) is 4.15. The number of hydrogen-bond donors (Lipinski definition) is 3. The second kappa shape index (κ2) is 8.25. The van der Waals surface area contributed by atoms with E-state index in [1.54, 1.807) is 12.2 Å². The average molecular weight is 525 g/mol. The fraction of sp³-hybridized carbons (Fsp3) is 0.536. The van der Waals surface area contributed by atoms with Crippen molar-refractivity contribution in [3.63, 3.8) is 0 Å². The minimum Gasteiger partial charge on any atom is -0.399 e. The Kier molecular flexibility index (Phi) is 5.58. The Morgan fingerprint density at radius 2 is 2.11 bits per heavy atom. The number of hydrogen-bond acceptors (Lipinski definition) is 8. The molecule has 8 heteroatoms. The van der Waals surface area contributed by atoms with Crippen LogP contribution in [0.5, 0.6) is 0 Å². The number of aromatic nitrogens is 1. The van der Waals surface area contributed by atoms with Gasteiger partial charge >= 0.3 is 0 Å². The maximum absolute atomic E-state index is 13.6. The molecule has 0 radical (unpaired) electrons. The van der Waals surface area contributed by atoms with Crippen LogP contribution in [0.15, 0.2) is 46.3 Å². The van der Waals surface area contributed by atoms with Crippen molar-refractivity contribution in [1.29, 1.82) is 0 Å². The molecule has 6 rings (SSSR count). The zero-order valence-corrected chi connectivity index (χ0v) is 22.2. The number of nitrogen functional groups attached to an aromatic ring is 1. The van der Waals surface area contributed by atoms with Crippen molar-refractivity contribution >= 4 is 50.6 Å². The van der Waals surface area contributed by atoms with Gasteiger partial charge in [0.05, 0.1) is 22.1 Å². The van der Waals surface area contributed by atoms with Crippen molar-refractivity contribution in [2.45, 2.75) is 62.0 Å². The molecule has 0 amide bonds. The van der Waals surface area contributed by atoms with Crippen LogP contribution < -0.4 is 5.73 Å². The van der Waals surface area contributed by atoms with Crippen LogP contribution in [-0.4, -0.2) is 44.2 Å². The van der Waals surface area contributed by atoms with Gasteiger partial charge in [-0.1, -0.05) is 37.3 Å². The minimum atomic E-state index is -1.47. The summed E-state index contributed by atoms with van der Waals surface area (Å²) in [7, 11) is 0. The normalized spacial score (nSPS) is 39.4. The Morgan fingerprint density at radius 1 is 1.31 bits per heavy atom. The third kappa shape index (κ3) is 3.41. The monoisotopic (exact) mass is 524 g/mol. The maximum atomic E-state index is 13.6. The van der Waals surface area contributed by atoms with Crippen LogP contribution in [0.2, 0.25) is 0 Å². The molecule has 0 spiro atoms. The van der Waals surface area contributed by atoms with Crippen molar-refractivity contribution in [3.05, 3.63) is 42.0 Å². The number of fused-ring (bicyclic) bond motifs is 6. The highest BCUT2D eigenvalue weighted by atomic mass is 32.2. The number of thiazole rings is 1. The molecule has 190 valence electrons. The van der Waals surface area contributed by atoms with Gasteiger partial charge in [-0.2, -0.15) is 0 Å². The number of carbonyl (C=O) groups is 2. The van der Waals surface area contributed by atoms with Crippen LogP contribution in [0.4, 0.5) is 5.69 Å². The number of rotatable bonds is 4. The fourth-order valence-corrected chi connectivity index (χ4v) is 10.1. The molecule has 0 bridgehead atoms. The molecular weight excluding hydrogens is 492 g/mol. The number of thioether (sulfide) groups is 1. The Hall–Kier alpha value is -2.00. The van der Waals surface area contributed by atoms with Crippen molar-refractivity contribution in [3.8, 4) is 0 Å². The van der Waals surface area contributed by atoms with Crippen molar-refractivity contribution < 1.29 is 19.8 Å². The first-order valence-corrected chi connectivity index (χ1v) is 14.5. The highest BCUT2D eigenvalue weighted by Crippen LogP contribution is 2.67. The smallest absolute Gasteiger partial charge is 0.178 e. The van der Waals surface area contributed by atoms with E-state index >= 15 is 0 Å². The van der Waals surface area contributed by atoms with Crippen molar-refractivity contribution in [1.82, 2.24) is 4.98 Å². The van der Waals surface area contributed by atoms with Gasteiger partial charge in [-0.05, 0) is 74.3 Å². The van der Waals surface area contributed by atoms with E-state index in [1.165, 1.54) is 23.1 Å². The number of Topliss-reactive ketones (excluding diaryl/α,β-unsaturated/α-hetero) is 1. The van der Waals surface area contributed by atoms with Gasteiger partial charge in [0, 0.05) is 22.4 Å². The van der Waals surface area contributed by atoms with Crippen molar-refractivity contribution in [2.75, 3.05) is 11.5 Å². The SMILES string of the molecule is CC12C=CC(=O)C=C1CCC1C2C(O)CC2(C)C1CC[C@]2(O)C(=O)CSc1nc2ccc(N)cc2s1. The van der Waals surface area contributed by atoms with Crippen LogP contribution in [0.3, 0.4) is 0 Å².